The molecule has 1 amide bonds. The lowest BCUT2D eigenvalue weighted by molar-refractivity contribution is -0.139. The van der Waals surface area contributed by atoms with Gasteiger partial charge in [0.05, 0.1) is 0 Å². The molecular formula is C22H34N4O2. The summed E-state index contributed by atoms with van der Waals surface area (Å²) in [6, 6.07) is 3.26. The van der Waals surface area contributed by atoms with Gasteiger partial charge in [0, 0.05) is 43.1 Å². The lowest BCUT2D eigenvalue weighted by atomic mass is 9.74. The summed E-state index contributed by atoms with van der Waals surface area (Å²) in [6.07, 6.45) is 7.77. The summed E-state index contributed by atoms with van der Waals surface area (Å²) in [7, 11) is 0. The monoisotopic (exact) mass is 386 g/mol. The Bertz CT molecular complexity index is 787. The predicted octanol–water partition coefficient (Wildman–Crippen LogP) is 2.36. The number of likely N-dealkylation sites (tertiary alicyclic amines) is 1. The van der Waals surface area contributed by atoms with E-state index < -0.39 is 0 Å². The van der Waals surface area contributed by atoms with Crippen molar-refractivity contribution in [3.05, 3.63) is 27.9 Å². The number of rotatable bonds is 4. The van der Waals surface area contributed by atoms with Crippen LogP contribution in [0.3, 0.4) is 0 Å². The van der Waals surface area contributed by atoms with E-state index in [1.807, 2.05) is 24.8 Å². The van der Waals surface area contributed by atoms with Gasteiger partial charge in [0.15, 0.2) is 0 Å². The summed E-state index contributed by atoms with van der Waals surface area (Å²) < 4.78 is 1.52. The quantitative estimate of drug-likeness (QED) is 0.797. The Kier molecular flexibility index (Phi) is 5.59. The van der Waals surface area contributed by atoms with Crippen molar-refractivity contribution in [2.45, 2.75) is 77.9 Å². The zero-order valence-electron chi connectivity index (χ0n) is 17.6. The van der Waals surface area contributed by atoms with Crippen LogP contribution >= 0.6 is 0 Å². The van der Waals surface area contributed by atoms with E-state index in [0.717, 1.165) is 31.4 Å². The van der Waals surface area contributed by atoms with Crippen molar-refractivity contribution in [2.24, 2.45) is 11.8 Å². The first-order chi connectivity index (χ1) is 13.5. The molecule has 0 unspecified atom stereocenters. The minimum absolute atomic E-state index is 0.0694. The van der Waals surface area contributed by atoms with Crippen LogP contribution in [0.4, 0.5) is 0 Å². The molecule has 1 aromatic heterocycles. The van der Waals surface area contributed by atoms with Crippen molar-refractivity contribution in [3.8, 4) is 0 Å². The third-order valence-electron chi connectivity index (χ3n) is 7.13. The van der Waals surface area contributed by atoms with Crippen LogP contribution in [0.2, 0.25) is 0 Å². The molecule has 4 atom stereocenters. The molecule has 0 aromatic carbocycles. The zero-order chi connectivity index (χ0) is 19.8. The number of fused-ring (bicyclic) bond motifs is 4. The topological polar surface area (TPSA) is 58.4 Å². The average Bonchev–Trinajstić information content (AvgIpc) is 2.65. The second-order valence-electron chi connectivity index (χ2n) is 9.21. The standard InChI is InChI=1S/C22H34N4O2/c1-4-6-19-7-5-8-20-18-10-17(12-26(19)20)11-24(13-18)21(27)14-25-16(3)9-15(2)23-22(25)28/h9,17-20H,4-8,10-14H2,1-3H3/t17-,18+,19-,20-/m0/s1. The van der Waals surface area contributed by atoms with E-state index in [9.17, 15) is 9.59 Å². The molecule has 4 rings (SSSR count). The number of carbonyl (C=O) groups is 1. The Morgan fingerprint density at radius 1 is 1.21 bits per heavy atom. The molecule has 3 aliphatic heterocycles. The minimum Gasteiger partial charge on any atom is -0.340 e. The van der Waals surface area contributed by atoms with Gasteiger partial charge in [-0.25, -0.2) is 4.79 Å². The van der Waals surface area contributed by atoms with Gasteiger partial charge in [-0.1, -0.05) is 19.8 Å². The molecule has 28 heavy (non-hydrogen) atoms. The van der Waals surface area contributed by atoms with Gasteiger partial charge in [-0.3, -0.25) is 14.3 Å². The number of nitrogens with zero attached hydrogens (tertiary/aromatic N) is 4. The Labute approximate surface area is 167 Å². The fraction of sp³-hybridized carbons (Fsp3) is 0.773. The molecule has 3 saturated heterocycles. The molecule has 0 aliphatic carbocycles. The van der Waals surface area contributed by atoms with Gasteiger partial charge < -0.3 is 4.90 Å². The maximum atomic E-state index is 13.0. The number of piperidine rings is 3. The fourth-order valence-electron chi connectivity index (χ4n) is 5.96. The summed E-state index contributed by atoms with van der Waals surface area (Å²) in [5, 5.41) is 0. The van der Waals surface area contributed by atoms with Gasteiger partial charge in [-0.2, -0.15) is 4.98 Å². The first kappa shape index (κ1) is 19.6. The SMILES string of the molecule is CCC[C@H]1CCC[C@H]2[C@@H]3C[C@@H](CN(C(=O)Cn4c(C)cc(C)nc4=O)C3)CN12. The third-order valence-corrected chi connectivity index (χ3v) is 7.13. The number of hydrogen-bond acceptors (Lipinski definition) is 4. The van der Waals surface area contributed by atoms with Gasteiger partial charge in [0.1, 0.15) is 6.54 Å². The van der Waals surface area contributed by atoms with Crippen LogP contribution < -0.4 is 5.69 Å². The summed E-state index contributed by atoms with van der Waals surface area (Å²) >= 11 is 0. The van der Waals surface area contributed by atoms with Crippen LogP contribution in [-0.4, -0.2) is 57.0 Å². The highest BCUT2D eigenvalue weighted by Crippen LogP contribution is 2.40. The second-order valence-corrected chi connectivity index (χ2v) is 9.21. The van der Waals surface area contributed by atoms with E-state index in [2.05, 4.69) is 16.8 Å². The minimum atomic E-state index is -0.316. The van der Waals surface area contributed by atoms with Crippen LogP contribution in [0.15, 0.2) is 10.9 Å². The largest absolute Gasteiger partial charge is 0.348 e. The Morgan fingerprint density at radius 2 is 2.04 bits per heavy atom. The van der Waals surface area contributed by atoms with Gasteiger partial charge >= 0.3 is 5.69 Å². The Balaban J connectivity index is 1.46. The van der Waals surface area contributed by atoms with E-state index >= 15 is 0 Å². The molecule has 2 bridgehead atoms. The van der Waals surface area contributed by atoms with Gasteiger partial charge in [-0.05, 0) is 57.4 Å². The Hall–Kier alpha value is -1.69. The number of carbonyl (C=O) groups excluding carboxylic acids is 1. The molecule has 6 nitrogen and oxygen atoms in total. The van der Waals surface area contributed by atoms with E-state index in [1.165, 1.54) is 43.1 Å². The van der Waals surface area contributed by atoms with Crippen LogP contribution in [0, 0.1) is 25.7 Å². The number of amides is 1. The van der Waals surface area contributed by atoms with E-state index in [-0.39, 0.29) is 18.1 Å². The first-order valence-corrected chi connectivity index (χ1v) is 11.0. The summed E-state index contributed by atoms with van der Waals surface area (Å²) in [5.41, 5.74) is 1.20. The third kappa shape index (κ3) is 3.76. The van der Waals surface area contributed by atoms with Crippen molar-refractivity contribution >= 4 is 5.91 Å². The molecule has 1 aromatic rings. The summed E-state index contributed by atoms with van der Waals surface area (Å²) in [4.78, 5) is 34.1. The highest BCUT2D eigenvalue weighted by Gasteiger charge is 2.45. The number of aromatic nitrogens is 2. The summed E-state index contributed by atoms with van der Waals surface area (Å²) in [5.74, 6) is 1.23. The highest BCUT2D eigenvalue weighted by atomic mass is 16.2. The lowest BCUT2D eigenvalue weighted by Crippen LogP contribution is -2.62. The van der Waals surface area contributed by atoms with Crippen LogP contribution in [0.5, 0.6) is 0 Å². The van der Waals surface area contributed by atoms with Crippen molar-refractivity contribution in [1.29, 1.82) is 0 Å². The predicted molar refractivity (Wildman–Crippen MR) is 109 cm³/mol. The van der Waals surface area contributed by atoms with E-state index in [1.54, 1.807) is 0 Å². The molecule has 6 heteroatoms. The van der Waals surface area contributed by atoms with Crippen molar-refractivity contribution in [2.75, 3.05) is 19.6 Å². The molecule has 0 spiro atoms. The molecule has 4 heterocycles. The molecular weight excluding hydrogens is 352 g/mol. The highest BCUT2D eigenvalue weighted by molar-refractivity contribution is 5.76. The summed E-state index contributed by atoms with van der Waals surface area (Å²) in [6.45, 7) is 8.92. The maximum Gasteiger partial charge on any atom is 0.348 e. The molecule has 0 saturated carbocycles. The van der Waals surface area contributed by atoms with E-state index in [0.29, 0.717) is 23.6 Å². The zero-order valence-corrected chi connectivity index (χ0v) is 17.6. The molecule has 0 N–H and O–H groups in total. The van der Waals surface area contributed by atoms with Crippen LogP contribution in [0.25, 0.3) is 0 Å². The smallest absolute Gasteiger partial charge is 0.340 e. The van der Waals surface area contributed by atoms with Gasteiger partial charge in [0.25, 0.3) is 0 Å². The van der Waals surface area contributed by atoms with Gasteiger partial charge in [-0.15, -0.1) is 0 Å². The fourth-order valence-corrected chi connectivity index (χ4v) is 5.96. The van der Waals surface area contributed by atoms with Crippen molar-refractivity contribution in [1.82, 2.24) is 19.4 Å². The van der Waals surface area contributed by atoms with Crippen LogP contribution in [0.1, 0.15) is 56.8 Å². The number of hydrogen-bond donors (Lipinski definition) is 0. The van der Waals surface area contributed by atoms with Crippen molar-refractivity contribution < 1.29 is 4.79 Å². The molecule has 154 valence electrons. The van der Waals surface area contributed by atoms with Gasteiger partial charge in [0.2, 0.25) is 5.91 Å². The normalized spacial score (nSPS) is 30.2. The molecule has 0 radical (unpaired) electrons. The van der Waals surface area contributed by atoms with E-state index in [4.69, 9.17) is 0 Å². The lowest BCUT2D eigenvalue weighted by Gasteiger charge is -2.55. The van der Waals surface area contributed by atoms with Crippen molar-refractivity contribution in [3.63, 3.8) is 0 Å². The molecule has 3 fully saturated rings. The molecule has 3 aliphatic rings. The average molecular weight is 387 g/mol. The number of aryl methyl sites for hydroxylation is 2. The first-order valence-electron chi connectivity index (χ1n) is 11.0. The Morgan fingerprint density at radius 3 is 2.79 bits per heavy atom. The van der Waals surface area contributed by atoms with Crippen LogP contribution in [-0.2, 0) is 11.3 Å². The second kappa shape index (κ2) is 7.97. The maximum absolute atomic E-state index is 13.0.